The standard InChI is InChI=1S/C20H26BrN3O4/c1-5-22(6-2)20(26)28-19-17(16-13(3)11-15(21)12-14(16)4)18(25)23-7-9-27-10-8-24(19)23/h11-12H,5-10H2,1-4H3. The van der Waals surface area contributed by atoms with Crippen LogP contribution in [0.25, 0.3) is 11.1 Å². The van der Waals surface area contributed by atoms with Crippen molar-refractivity contribution < 1.29 is 14.3 Å². The number of rotatable bonds is 4. The second kappa shape index (κ2) is 8.53. The van der Waals surface area contributed by atoms with Gasteiger partial charge in [0.15, 0.2) is 0 Å². The van der Waals surface area contributed by atoms with Crippen LogP contribution in [0.1, 0.15) is 25.0 Å². The van der Waals surface area contributed by atoms with Crippen molar-refractivity contribution in [1.82, 2.24) is 14.3 Å². The topological polar surface area (TPSA) is 65.7 Å². The Morgan fingerprint density at radius 2 is 1.68 bits per heavy atom. The van der Waals surface area contributed by atoms with Crippen LogP contribution in [0.2, 0.25) is 0 Å². The van der Waals surface area contributed by atoms with Crippen molar-refractivity contribution in [1.29, 1.82) is 0 Å². The molecule has 2 aromatic rings. The van der Waals surface area contributed by atoms with Crippen molar-refractivity contribution in [3.63, 3.8) is 0 Å². The van der Waals surface area contributed by atoms with Crippen molar-refractivity contribution in [2.24, 2.45) is 0 Å². The molecule has 0 spiro atoms. The zero-order valence-electron chi connectivity index (χ0n) is 16.7. The molecule has 28 heavy (non-hydrogen) atoms. The number of ether oxygens (including phenoxy) is 2. The van der Waals surface area contributed by atoms with Gasteiger partial charge in [-0.15, -0.1) is 0 Å². The third-order valence-corrected chi connectivity index (χ3v) is 5.49. The number of aryl methyl sites for hydroxylation is 2. The molecule has 1 aromatic heterocycles. The smallest absolute Gasteiger partial charge is 0.391 e. The van der Waals surface area contributed by atoms with Crippen molar-refractivity contribution in [3.8, 4) is 17.0 Å². The summed E-state index contributed by atoms with van der Waals surface area (Å²) in [5.41, 5.74) is 2.97. The Balaban J connectivity index is 2.22. The van der Waals surface area contributed by atoms with E-state index >= 15 is 0 Å². The third-order valence-electron chi connectivity index (χ3n) is 5.04. The number of hydrogen-bond donors (Lipinski definition) is 0. The van der Waals surface area contributed by atoms with Crippen LogP contribution < -0.4 is 10.3 Å². The molecule has 1 amide bonds. The summed E-state index contributed by atoms with van der Waals surface area (Å²) in [6.07, 6.45) is -0.454. The fourth-order valence-corrected chi connectivity index (χ4v) is 4.36. The molecule has 3 rings (SSSR count). The largest absolute Gasteiger partial charge is 0.416 e. The first-order valence-corrected chi connectivity index (χ1v) is 10.3. The molecule has 0 N–H and O–H groups in total. The first kappa shape index (κ1) is 20.7. The number of nitrogens with zero attached hydrogens (tertiary/aromatic N) is 3. The minimum Gasteiger partial charge on any atom is -0.391 e. The number of carbonyl (C=O) groups excluding carboxylic acids is 1. The Labute approximate surface area is 172 Å². The van der Waals surface area contributed by atoms with Crippen molar-refractivity contribution in [2.75, 3.05) is 26.3 Å². The molecule has 0 radical (unpaired) electrons. The Hall–Kier alpha value is -2.06. The molecule has 8 heteroatoms. The average Bonchev–Trinajstić information content (AvgIpc) is 2.81. The van der Waals surface area contributed by atoms with Gasteiger partial charge in [-0.05, 0) is 56.5 Å². The molecule has 1 aliphatic heterocycles. The van der Waals surface area contributed by atoms with Crippen molar-refractivity contribution in [2.45, 2.75) is 40.8 Å². The Morgan fingerprint density at radius 3 is 2.25 bits per heavy atom. The van der Waals surface area contributed by atoms with Gasteiger partial charge >= 0.3 is 6.09 Å². The zero-order chi connectivity index (χ0) is 20.4. The molecule has 2 heterocycles. The number of halogens is 1. The molecule has 0 saturated heterocycles. The molecular weight excluding hydrogens is 426 g/mol. The molecular formula is C20H26BrN3O4. The predicted molar refractivity (Wildman–Crippen MR) is 111 cm³/mol. The highest BCUT2D eigenvalue weighted by Gasteiger charge is 2.29. The van der Waals surface area contributed by atoms with Gasteiger partial charge in [-0.3, -0.25) is 4.79 Å². The lowest BCUT2D eigenvalue weighted by Gasteiger charge is -2.20. The van der Waals surface area contributed by atoms with Crippen molar-refractivity contribution >= 4 is 22.0 Å². The van der Waals surface area contributed by atoms with E-state index in [2.05, 4.69) is 15.9 Å². The molecule has 0 unspecified atom stereocenters. The van der Waals surface area contributed by atoms with Crippen LogP contribution >= 0.6 is 15.9 Å². The second-order valence-electron chi connectivity index (χ2n) is 6.80. The monoisotopic (exact) mass is 451 g/mol. The zero-order valence-corrected chi connectivity index (χ0v) is 18.3. The number of hydrogen-bond acceptors (Lipinski definition) is 4. The molecule has 0 saturated carbocycles. The molecule has 1 aromatic carbocycles. The van der Waals surface area contributed by atoms with Crippen LogP contribution in [0.15, 0.2) is 21.4 Å². The van der Waals surface area contributed by atoms with Gasteiger partial charge in [0.2, 0.25) is 5.88 Å². The number of amides is 1. The Morgan fingerprint density at radius 1 is 1.11 bits per heavy atom. The van der Waals surface area contributed by atoms with Gasteiger partial charge in [-0.2, -0.15) is 0 Å². The van der Waals surface area contributed by atoms with Gasteiger partial charge in [0.05, 0.1) is 26.3 Å². The SMILES string of the molecule is CCN(CC)C(=O)Oc1c(-c2c(C)cc(Br)cc2C)c(=O)n2n1CCOCC2. The van der Waals surface area contributed by atoms with E-state index in [1.807, 2.05) is 39.8 Å². The molecule has 7 nitrogen and oxygen atoms in total. The number of aromatic nitrogens is 2. The fraction of sp³-hybridized carbons (Fsp3) is 0.500. The van der Waals surface area contributed by atoms with Crippen LogP contribution in [0.3, 0.4) is 0 Å². The van der Waals surface area contributed by atoms with Crippen LogP contribution in [0.4, 0.5) is 4.79 Å². The highest BCUT2D eigenvalue weighted by atomic mass is 79.9. The molecule has 0 aliphatic carbocycles. The number of benzene rings is 1. The fourth-order valence-electron chi connectivity index (χ4n) is 3.67. The van der Waals surface area contributed by atoms with Gasteiger partial charge < -0.3 is 14.4 Å². The summed E-state index contributed by atoms with van der Waals surface area (Å²) >= 11 is 3.50. The molecule has 0 fully saturated rings. The summed E-state index contributed by atoms with van der Waals surface area (Å²) in [6, 6.07) is 3.93. The van der Waals surface area contributed by atoms with Gasteiger partial charge in [0.1, 0.15) is 5.56 Å². The Bertz CT molecular complexity index is 921. The maximum Gasteiger partial charge on any atom is 0.416 e. The number of fused-ring (bicyclic) bond motifs is 1. The minimum absolute atomic E-state index is 0.165. The Kier molecular flexibility index (Phi) is 6.30. The third kappa shape index (κ3) is 3.75. The maximum absolute atomic E-state index is 13.3. The molecule has 0 atom stereocenters. The molecule has 1 aliphatic rings. The van der Waals surface area contributed by atoms with Crippen LogP contribution in [0, 0.1) is 13.8 Å². The van der Waals surface area contributed by atoms with Gasteiger partial charge in [-0.25, -0.2) is 14.2 Å². The normalized spacial score (nSPS) is 13.8. The lowest BCUT2D eigenvalue weighted by Crippen LogP contribution is -2.34. The lowest BCUT2D eigenvalue weighted by molar-refractivity contribution is 0.135. The van der Waals surface area contributed by atoms with Crippen LogP contribution in [-0.4, -0.2) is 46.7 Å². The maximum atomic E-state index is 13.3. The number of carbonyl (C=O) groups is 1. The van der Waals surface area contributed by atoms with E-state index in [0.29, 0.717) is 50.8 Å². The van der Waals surface area contributed by atoms with E-state index < -0.39 is 6.09 Å². The summed E-state index contributed by atoms with van der Waals surface area (Å²) in [7, 11) is 0. The van der Waals surface area contributed by atoms with Gasteiger partial charge in [0, 0.05) is 17.6 Å². The van der Waals surface area contributed by atoms with Gasteiger partial charge in [-0.1, -0.05) is 15.9 Å². The highest BCUT2D eigenvalue weighted by molar-refractivity contribution is 9.10. The van der Waals surface area contributed by atoms with E-state index in [1.165, 1.54) is 0 Å². The predicted octanol–water partition coefficient (Wildman–Crippen LogP) is 3.57. The van der Waals surface area contributed by atoms with E-state index in [-0.39, 0.29) is 5.56 Å². The summed E-state index contributed by atoms with van der Waals surface area (Å²) in [6.45, 7) is 10.6. The van der Waals surface area contributed by atoms with E-state index in [4.69, 9.17) is 9.47 Å². The van der Waals surface area contributed by atoms with E-state index in [9.17, 15) is 9.59 Å². The summed E-state index contributed by atoms with van der Waals surface area (Å²) < 4.78 is 15.6. The van der Waals surface area contributed by atoms with E-state index in [1.54, 1.807) is 14.3 Å². The average molecular weight is 452 g/mol. The van der Waals surface area contributed by atoms with E-state index in [0.717, 1.165) is 21.2 Å². The highest BCUT2D eigenvalue weighted by Crippen LogP contribution is 2.35. The minimum atomic E-state index is -0.454. The van der Waals surface area contributed by atoms with Gasteiger partial charge in [0.25, 0.3) is 5.56 Å². The van der Waals surface area contributed by atoms with Crippen LogP contribution in [-0.2, 0) is 17.8 Å². The molecule has 152 valence electrons. The quantitative estimate of drug-likeness (QED) is 0.712. The first-order chi connectivity index (χ1) is 13.4. The summed E-state index contributed by atoms with van der Waals surface area (Å²) in [4.78, 5) is 27.6. The van der Waals surface area contributed by atoms with Crippen LogP contribution in [0.5, 0.6) is 5.88 Å². The molecule has 0 bridgehead atoms. The summed E-state index contributed by atoms with van der Waals surface area (Å²) in [5.74, 6) is 0.293. The summed E-state index contributed by atoms with van der Waals surface area (Å²) in [5, 5.41) is 0. The van der Waals surface area contributed by atoms with Crippen molar-refractivity contribution in [3.05, 3.63) is 38.1 Å². The lowest BCUT2D eigenvalue weighted by atomic mass is 9.97. The second-order valence-corrected chi connectivity index (χ2v) is 7.71. The first-order valence-electron chi connectivity index (χ1n) is 9.54.